The highest BCUT2D eigenvalue weighted by Gasteiger charge is 2.08. The Kier molecular flexibility index (Phi) is 3.56. The summed E-state index contributed by atoms with van der Waals surface area (Å²) in [7, 11) is 0. The first-order valence-electron chi connectivity index (χ1n) is 5.40. The summed E-state index contributed by atoms with van der Waals surface area (Å²) in [4.78, 5) is 8.28. The first kappa shape index (κ1) is 11.4. The minimum atomic E-state index is 0.650. The highest BCUT2D eigenvalue weighted by molar-refractivity contribution is 5.56. The monoisotopic (exact) mass is 233 g/mol. The van der Waals surface area contributed by atoms with E-state index >= 15 is 0 Å². The molecule has 90 valence electrons. The van der Waals surface area contributed by atoms with Crippen LogP contribution in [0.3, 0.4) is 0 Å². The molecule has 2 aromatic heterocycles. The molecule has 0 aliphatic carbocycles. The van der Waals surface area contributed by atoms with Gasteiger partial charge in [0.05, 0.1) is 12.5 Å². The number of hydrogen-bond acceptors (Lipinski definition) is 6. The Hall–Kier alpha value is -2.08. The second-order valence-electron chi connectivity index (χ2n) is 3.53. The molecular formula is C11H15N5O. The van der Waals surface area contributed by atoms with Gasteiger partial charge in [-0.25, -0.2) is 15.8 Å². The van der Waals surface area contributed by atoms with Crippen LogP contribution in [0.2, 0.25) is 0 Å². The van der Waals surface area contributed by atoms with Gasteiger partial charge in [0.15, 0.2) is 0 Å². The zero-order valence-electron chi connectivity index (χ0n) is 9.60. The van der Waals surface area contributed by atoms with Crippen LogP contribution >= 0.6 is 0 Å². The number of nitrogens with two attached hydrogens (primary N) is 1. The maximum atomic E-state index is 5.40. The van der Waals surface area contributed by atoms with E-state index in [0.717, 1.165) is 23.4 Å². The number of rotatable bonds is 5. The van der Waals surface area contributed by atoms with Crippen molar-refractivity contribution < 1.29 is 4.42 Å². The van der Waals surface area contributed by atoms with Crippen molar-refractivity contribution in [1.29, 1.82) is 0 Å². The van der Waals surface area contributed by atoms with Gasteiger partial charge in [-0.05, 0) is 12.5 Å². The number of nitrogens with zero attached hydrogens (tertiary/aromatic N) is 2. The van der Waals surface area contributed by atoms with E-state index in [1.807, 2.05) is 13.0 Å². The van der Waals surface area contributed by atoms with E-state index in [9.17, 15) is 0 Å². The maximum absolute atomic E-state index is 5.40. The number of anilines is 2. The second-order valence-corrected chi connectivity index (χ2v) is 3.53. The average molecular weight is 233 g/mol. The third-order valence-corrected chi connectivity index (χ3v) is 2.48. The highest BCUT2D eigenvalue weighted by Crippen LogP contribution is 2.20. The van der Waals surface area contributed by atoms with Crippen molar-refractivity contribution in [3.05, 3.63) is 36.0 Å². The van der Waals surface area contributed by atoms with Gasteiger partial charge in [-0.1, -0.05) is 6.92 Å². The number of nitrogen functional groups attached to an aromatic ring is 1. The van der Waals surface area contributed by atoms with Gasteiger partial charge in [0.1, 0.15) is 18.0 Å². The van der Waals surface area contributed by atoms with Crippen molar-refractivity contribution in [2.24, 2.45) is 5.84 Å². The molecule has 6 nitrogen and oxygen atoms in total. The Balaban J connectivity index is 2.14. The van der Waals surface area contributed by atoms with Crippen molar-refractivity contribution in [3.8, 4) is 0 Å². The summed E-state index contributed by atoms with van der Waals surface area (Å²) in [6, 6.07) is 1.90. The zero-order valence-corrected chi connectivity index (χ0v) is 9.60. The maximum Gasteiger partial charge on any atom is 0.148 e. The SMILES string of the molecule is CCc1c(NN)ncnc1NCc1ccoc1. The lowest BCUT2D eigenvalue weighted by molar-refractivity contribution is 0.564. The molecule has 0 saturated heterocycles. The van der Waals surface area contributed by atoms with Crippen molar-refractivity contribution in [1.82, 2.24) is 9.97 Å². The predicted molar refractivity (Wildman–Crippen MR) is 65.3 cm³/mol. The van der Waals surface area contributed by atoms with Crippen molar-refractivity contribution in [2.75, 3.05) is 10.7 Å². The van der Waals surface area contributed by atoms with Crippen LogP contribution in [-0.2, 0) is 13.0 Å². The summed E-state index contributed by atoms with van der Waals surface area (Å²) in [6.45, 7) is 2.69. The first-order chi connectivity index (χ1) is 8.35. The number of hydrazine groups is 1. The molecule has 0 aliphatic heterocycles. The third kappa shape index (κ3) is 2.54. The summed E-state index contributed by atoms with van der Waals surface area (Å²) >= 11 is 0. The van der Waals surface area contributed by atoms with Crippen LogP contribution in [0.4, 0.5) is 11.6 Å². The summed E-state index contributed by atoms with van der Waals surface area (Å²) in [5.41, 5.74) is 4.60. The minimum Gasteiger partial charge on any atom is -0.472 e. The topological polar surface area (TPSA) is 89.0 Å². The van der Waals surface area contributed by atoms with Crippen LogP contribution < -0.4 is 16.6 Å². The molecule has 4 N–H and O–H groups in total. The molecule has 0 aliphatic rings. The van der Waals surface area contributed by atoms with Crippen molar-refractivity contribution in [2.45, 2.75) is 19.9 Å². The number of furan rings is 1. The predicted octanol–water partition coefficient (Wildman–Crippen LogP) is 1.53. The van der Waals surface area contributed by atoms with Gasteiger partial charge < -0.3 is 15.2 Å². The van der Waals surface area contributed by atoms with Crippen LogP contribution in [0.15, 0.2) is 29.3 Å². The third-order valence-electron chi connectivity index (χ3n) is 2.48. The molecule has 17 heavy (non-hydrogen) atoms. The van der Waals surface area contributed by atoms with Crippen LogP contribution in [0.5, 0.6) is 0 Å². The quantitative estimate of drug-likeness (QED) is 0.536. The fourth-order valence-electron chi connectivity index (χ4n) is 1.60. The summed E-state index contributed by atoms with van der Waals surface area (Å²) < 4.78 is 5.00. The summed E-state index contributed by atoms with van der Waals surface area (Å²) in [6.07, 6.45) is 5.62. The Morgan fingerprint density at radius 1 is 1.35 bits per heavy atom. The van der Waals surface area contributed by atoms with E-state index in [1.165, 1.54) is 6.33 Å². The fraction of sp³-hybridized carbons (Fsp3) is 0.273. The largest absolute Gasteiger partial charge is 0.472 e. The van der Waals surface area contributed by atoms with Gasteiger partial charge >= 0.3 is 0 Å². The van der Waals surface area contributed by atoms with Crippen LogP contribution in [0, 0.1) is 0 Å². The zero-order chi connectivity index (χ0) is 12.1. The number of hydrogen-bond donors (Lipinski definition) is 3. The van der Waals surface area contributed by atoms with E-state index in [2.05, 4.69) is 20.7 Å². The van der Waals surface area contributed by atoms with Gasteiger partial charge in [-0.2, -0.15) is 0 Å². The summed E-state index contributed by atoms with van der Waals surface area (Å²) in [5.74, 6) is 6.84. The minimum absolute atomic E-state index is 0.650. The molecule has 2 rings (SSSR count). The molecule has 0 unspecified atom stereocenters. The molecule has 6 heteroatoms. The Morgan fingerprint density at radius 3 is 2.82 bits per heavy atom. The highest BCUT2D eigenvalue weighted by atomic mass is 16.3. The molecule has 2 heterocycles. The molecule has 0 saturated carbocycles. The van der Waals surface area contributed by atoms with E-state index in [-0.39, 0.29) is 0 Å². The van der Waals surface area contributed by atoms with E-state index < -0.39 is 0 Å². The molecule has 0 amide bonds. The van der Waals surface area contributed by atoms with Gasteiger partial charge in [-0.3, -0.25) is 0 Å². The van der Waals surface area contributed by atoms with Gasteiger partial charge in [-0.15, -0.1) is 0 Å². The van der Waals surface area contributed by atoms with Crippen molar-refractivity contribution in [3.63, 3.8) is 0 Å². The first-order valence-corrected chi connectivity index (χ1v) is 5.40. The molecule has 0 bridgehead atoms. The Labute approximate surface area is 99.2 Å². The number of nitrogens with one attached hydrogen (secondary N) is 2. The summed E-state index contributed by atoms with van der Waals surface area (Å²) in [5, 5.41) is 3.23. The van der Waals surface area contributed by atoms with Gasteiger partial charge in [0.25, 0.3) is 0 Å². The van der Waals surface area contributed by atoms with E-state index in [4.69, 9.17) is 10.3 Å². The second kappa shape index (κ2) is 5.31. The fourth-order valence-corrected chi connectivity index (χ4v) is 1.60. The molecule has 0 aromatic carbocycles. The lowest BCUT2D eigenvalue weighted by atomic mass is 10.2. The number of aromatic nitrogens is 2. The average Bonchev–Trinajstić information content (AvgIpc) is 2.88. The van der Waals surface area contributed by atoms with Crippen LogP contribution in [0.1, 0.15) is 18.1 Å². The van der Waals surface area contributed by atoms with Crippen LogP contribution in [-0.4, -0.2) is 9.97 Å². The molecule has 0 spiro atoms. The van der Waals surface area contributed by atoms with Gasteiger partial charge in [0, 0.05) is 17.7 Å². The normalized spacial score (nSPS) is 10.2. The molecule has 2 aromatic rings. The molecule has 0 fully saturated rings. The molecular weight excluding hydrogens is 218 g/mol. The van der Waals surface area contributed by atoms with Gasteiger partial charge in [0.2, 0.25) is 0 Å². The lowest BCUT2D eigenvalue weighted by Crippen LogP contribution is -2.13. The van der Waals surface area contributed by atoms with Crippen LogP contribution in [0.25, 0.3) is 0 Å². The Morgan fingerprint density at radius 2 is 2.18 bits per heavy atom. The van der Waals surface area contributed by atoms with E-state index in [1.54, 1.807) is 12.5 Å². The van der Waals surface area contributed by atoms with E-state index in [0.29, 0.717) is 12.4 Å². The molecule has 0 atom stereocenters. The lowest BCUT2D eigenvalue weighted by Gasteiger charge is -2.11. The standard InChI is InChI=1S/C11H15N5O/c1-2-9-10(14-7-15-11(9)16-12)13-5-8-3-4-17-6-8/h3-4,6-7H,2,5,12H2,1H3,(H2,13,14,15,16). The van der Waals surface area contributed by atoms with Crippen molar-refractivity contribution >= 4 is 11.6 Å². The molecule has 0 radical (unpaired) electrons. The smallest absolute Gasteiger partial charge is 0.148 e. The Bertz CT molecular complexity index is 469.